The first-order chi connectivity index (χ1) is 12.5. The lowest BCUT2D eigenvalue weighted by Crippen LogP contribution is -2.46. The summed E-state index contributed by atoms with van der Waals surface area (Å²) in [5.41, 5.74) is 1.55. The number of aryl methyl sites for hydroxylation is 1. The maximum atomic E-state index is 12.4. The van der Waals surface area contributed by atoms with Crippen molar-refractivity contribution in [3.05, 3.63) is 35.4 Å². The Bertz CT molecular complexity index is 685. The summed E-state index contributed by atoms with van der Waals surface area (Å²) in [5.74, 6) is -0.178. The molecule has 0 spiro atoms. The summed E-state index contributed by atoms with van der Waals surface area (Å²) < 4.78 is 0. The molecule has 1 saturated heterocycles. The minimum absolute atomic E-state index is 0.000921. The molecule has 1 atom stereocenters. The lowest BCUT2D eigenvalue weighted by Gasteiger charge is -2.32. The van der Waals surface area contributed by atoms with E-state index in [0.717, 1.165) is 31.2 Å². The molecule has 1 aliphatic carbocycles. The zero-order valence-electron chi connectivity index (χ0n) is 15.3. The number of likely N-dealkylation sites (tertiary alicyclic amines) is 1. The average Bonchev–Trinajstić information content (AvgIpc) is 3.46. The van der Waals surface area contributed by atoms with Gasteiger partial charge in [-0.3, -0.25) is 14.4 Å². The van der Waals surface area contributed by atoms with E-state index in [0.29, 0.717) is 31.2 Å². The molecule has 2 N–H and O–H groups in total. The standard InChI is InChI=1S/C20H27N3O3/c1-14-5-2-3-7-17(14)20(26)21-11-10-18(24)23-12-4-6-15(13-23)19(25)22-16-8-9-16/h2-3,5,7,15-16H,4,6,8-13H2,1H3,(H,21,26)(H,22,25). The Kier molecular flexibility index (Phi) is 5.91. The van der Waals surface area contributed by atoms with Crippen molar-refractivity contribution in [1.82, 2.24) is 15.5 Å². The van der Waals surface area contributed by atoms with Crippen LogP contribution in [0.15, 0.2) is 24.3 Å². The molecule has 0 aromatic heterocycles. The van der Waals surface area contributed by atoms with Gasteiger partial charge < -0.3 is 15.5 Å². The van der Waals surface area contributed by atoms with Gasteiger partial charge in [-0.05, 0) is 44.2 Å². The second kappa shape index (κ2) is 8.34. The highest BCUT2D eigenvalue weighted by Gasteiger charge is 2.31. The Labute approximate surface area is 154 Å². The van der Waals surface area contributed by atoms with E-state index in [-0.39, 0.29) is 30.1 Å². The fourth-order valence-electron chi connectivity index (χ4n) is 3.33. The topological polar surface area (TPSA) is 78.5 Å². The van der Waals surface area contributed by atoms with Crippen molar-refractivity contribution in [2.24, 2.45) is 5.92 Å². The van der Waals surface area contributed by atoms with Crippen LogP contribution in [0.25, 0.3) is 0 Å². The van der Waals surface area contributed by atoms with Crippen LogP contribution >= 0.6 is 0 Å². The van der Waals surface area contributed by atoms with E-state index >= 15 is 0 Å². The Morgan fingerprint density at radius 3 is 2.65 bits per heavy atom. The predicted octanol–water partition coefficient (Wildman–Crippen LogP) is 1.63. The van der Waals surface area contributed by atoms with Gasteiger partial charge in [-0.1, -0.05) is 18.2 Å². The van der Waals surface area contributed by atoms with Crippen LogP contribution in [-0.2, 0) is 9.59 Å². The van der Waals surface area contributed by atoms with Gasteiger partial charge in [-0.15, -0.1) is 0 Å². The summed E-state index contributed by atoms with van der Waals surface area (Å²) in [4.78, 5) is 38.6. The van der Waals surface area contributed by atoms with Crippen molar-refractivity contribution in [3.63, 3.8) is 0 Å². The fraction of sp³-hybridized carbons (Fsp3) is 0.550. The zero-order valence-corrected chi connectivity index (χ0v) is 15.3. The number of rotatable bonds is 6. The molecule has 140 valence electrons. The summed E-state index contributed by atoms with van der Waals surface area (Å²) in [5, 5.41) is 5.84. The maximum absolute atomic E-state index is 12.4. The smallest absolute Gasteiger partial charge is 0.251 e. The first kappa shape index (κ1) is 18.4. The first-order valence-electron chi connectivity index (χ1n) is 9.46. The largest absolute Gasteiger partial charge is 0.353 e. The number of carbonyl (C=O) groups excluding carboxylic acids is 3. The molecule has 6 nitrogen and oxygen atoms in total. The van der Waals surface area contributed by atoms with Gasteiger partial charge in [0.05, 0.1) is 5.92 Å². The van der Waals surface area contributed by atoms with E-state index in [9.17, 15) is 14.4 Å². The number of nitrogens with one attached hydrogen (secondary N) is 2. The number of benzene rings is 1. The van der Waals surface area contributed by atoms with Gasteiger partial charge in [0.2, 0.25) is 11.8 Å². The predicted molar refractivity (Wildman–Crippen MR) is 98.6 cm³/mol. The molecule has 1 aliphatic heterocycles. The SMILES string of the molecule is Cc1ccccc1C(=O)NCCC(=O)N1CCCC(C(=O)NC2CC2)C1. The first-order valence-corrected chi connectivity index (χ1v) is 9.46. The van der Waals surface area contributed by atoms with Crippen molar-refractivity contribution < 1.29 is 14.4 Å². The van der Waals surface area contributed by atoms with Gasteiger partial charge in [0, 0.05) is 37.7 Å². The Balaban J connectivity index is 1.43. The summed E-state index contributed by atoms with van der Waals surface area (Å²) in [6.07, 6.45) is 4.09. The third kappa shape index (κ3) is 4.84. The molecule has 3 amide bonds. The minimum Gasteiger partial charge on any atom is -0.353 e. The normalized spacial score (nSPS) is 19.7. The molecular formula is C20H27N3O3. The summed E-state index contributed by atoms with van der Waals surface area (Å²) in [7, 11) is 0. The lowest BCUT2D eigenvalue weighted by atomic mass is 9.97. The molecule has 2 fully saturated rings. The van der Waals surface area contributed by atoms with Crippen LogP contribution in [0.2, 0.25) is 0 Å². The van der Waals surface area contributed by atoms with Gasteiger partial charge in [-0.25, -0.2) is 0 Å². The van der Waals surface area contributed by atoms with Gasteiger partial charge in [0.25, 0.3) is 5.91 Å². The summed E-state index contributed by atoms with van der Waals surface area (Å²) in [6.45, 7) is 3.38. The molecule has 6 heteroatoms. The molecule has 1 aromatic rings. The number of carbonyl (C=O) groups is 3. The molecule has 1 saturated carbocycles. The van der Waals surface area contributed by atoms with E-state index in [4.69, 9.17) is 0 Å². The number of hydrogen-bond acceptors (Lipinski definition) is 3. The Morgan fingerprint density at radius 1 is 1.15 bits per heavy atom. The molecular weight excluding hydrogens is 330 g/mol. The molecule has 0 bridgehead atoms. The van der Waals surface area contributed by atoms with Crippen molar-refractivity contribution >= 4 is 17.7 Å². The summed E-state index contributed by atoms with van der Waals surface area (Å²) in [6, 6.07) is 7.74. The van der Waals surface area contributed by atoms with Crippen LogP contribution in [0.4, 0.5) is 0 Å². The van der Waals surface area contributed by atoms with E-state index in [2.05, 4.69) is 10.6 Å². The van der Waals surface area contributed by atoms with Crippen LogP contribution in [0.5, 0.6) is 0 Å². The Hall–Kier alpha value is -2.37. The Morgan fingerprint density at radius 2 is 1.92 bits per heavy atom. The van der Waals surface area contributed by atoms with Crippen molar-refractivity contribution in [1.29, 1.82) is 0 Å². The van der Waals surface area contributed by atoms with Crippen molar-refractivity contribution in [2.45, 2.75) is 45.1 Å². The second-order valence-corrected chi connectivity index (χ2v) is 7.28. The van der Waals surface area contributed by atoms with Gasteiger partial charge >= 0.3 is 0 Å². The molecule has 3 rings (SSSR count). The third-order valence-corrected chi connectivity index (χ3v) is 5.08. The van der Waals surface area contributed by atoms with Crippen molar-refractivity contribution in [2.75, 3.05) is 19.6 Å². The quantitative estimate of drug-likeness (QED) is 0.812. The highest BCUT2D eigenvalue weighted by molar-refractivity contribution is 5.95. The molecule has 0 radical (unpaired) electrons. The zero-order chi connectivity index (χ0) is 18.5. The second-order valence-electron chi connectivity index (χ2n) is 7.28. The monoisotopic (exact) mass is 357 g/mol. The maximum Gasteiger partial charge on any atom is 0.251 e. The minimum atomic E-state index is -0.156. The highest BCUT2D eigenvalue weighted by Crippen LogP contribution is 2.22. The van der Waals surface area contributed by atoms with E-state index in [1.54, 1.807) is 11.0 Å². The third-order valence-electron chi connectivity index (χ3n) is 5.08. The van der Waals surface area contributed by atoms with Gasteiger partial charge in [0.15, 0.2) is 0 Å². The fourth-order valence-corrected chi connectivity index (χ4v) is 3.33. The molecule has 26 heavy (non-hydrogen) atoms. The van der Waals surface area contributed by atoms with Crippen LogP contribution < -0.4 is 10.6 Å². The van der Waals surface area contributed by atoms with Crippen molar-refractivity contribution in [3.8, 4) is 0 Å². The molecule has 1 aromatic carbocycles. The molecule has 1 unspecified atom stereocenters. The summed E-state index contributed by atoms with van der Waals surface area (Å²) >= 11 is 0. The average molecular weight is 357 g/mol. The molecule has 2 aliphatic rings. The van der Waals surface area contributed by atoms with E-state index < -0.39 is 0 Å². The van der Waals surface area contributed by atoms with Crippen LogP contribution in [0.1, 0.15) is 48.0 Å². The number of piperidine rings is 1. The number of amides is 3. The van der Waals surface area contributed by atoms with Crippen LogP contribution in [0, 0.1) is 12.8 Å². The lowest BCUT2D eigenvalue weighted by molar-refractivity contribution is -0.135. The molecule has 1 heterocycles. The van der Waals surface area contributed by atoms with Gasteiger partial charge in [-0.2, -0.15) is 0 Å². The van der Waals surface area contributed by atoms with E-state index in [1.165, 1.54) is 0 Å². The number of hydrogen-bond donors (Lipinski definition) is 2. The number of nitrogens with zero attached hydrogens (tertiary/aromatic N) is 1. The van der Waals surface area contributed by atoms with E-state index in [1.807, 2.05) is 25.1 Å². The highest BCUT2D eigenvalue weighted by atomic mass is 16.2. The van der Waals surface area contributed by atoms with Crippen LogP contribution in [-0.4, -0.2) is 48.3 Å². The van der Waals surface area contributed by atoms with Gasteiger partial charge in [0.1, 0.15) is 0 Å². The van der Waals surface area contributed by atoms with Crippen LogP contribution in [0.3, 0.4) is 0 Å².